The average molecular weight is 301 g/mol. The van der Waals surface area contributed by atoms with Crippen molar-refractivity contribution in [3.63, 3.8) is 0 Å². The van der Waals surface area contributed by atoms with Gasteiger partial charge in [-0.25, -0.2) is 18.1 Å². The summed E-state index contributed by atoms with van der Waals surface area (Å²) in [6.07, 6.45) is 0. The summed E-state index contributed by atoms with van der Waals surface area (Å²) in [6, 6.07) is 6.66. The summed E-state index contributed by atoms with van der Waals surface area (Å²) in [6.45, 7) is 1.50. The number of aryl methyl sites for hydroxylation is 1. The normalized spacial score (nSPS) is 11.9. The predicted molar refractivity (Wildman–Crippen MR) is 73.8 cm³/mol. The molecule has 1 heterocycles. The zero-order valence-corrected chi connectivity index (χ0v) is 11.8. The van der Waals surface area contributed by atoms with Crippen LogP contribution >= 0.6 is 11.6 Å². The highest BCUT2D eigenvalue weighted by Gasteiger charge is 2.18. The van der Waals surface area contributed by atoms with Crippen molar-refractivity contribution in [1.29, 1.82) is 0 Å². The molecule has 0 amide bonds. The maximum Gasteiger partial charge on any atom is 0.242 e. The molecule has 0 saturated heterocycles. The third kappa shape index (κ3) is 2.87. The number of aliphatic hydroxyl groups is 1. The van der Waals surface area contributed by atoms with Crippen molar-refractivity contribution in [3.05, 3.63) is 35.0 Å². The molecule has 2 N–H and O–H groups in total. The monoisotopic (exact) mass is 300 g/mol. The zero-order valence-electron chi connectivity index (χ0n) is 10.2. The fraction of sp³-hybridized carbons (Fsp3) is 0.250. The Morgan fingerprint density at radius 2 is 2.16 bits per heavy atom. The van der Waals surface area contributed by atoms with E-state index in [2.05, 4.69) is 9.71 Å². The Balaban J connectivity index is 2.64. The van der Waals surface area contributed by atoms with E-state index in [0.717, 1.165) is 5.56 Å². The van der Waals surface area contributed by atoms with Crippen LogP contribution in [0.2, 0.25) is 5.15 Å². The first kappa shape index (κ1) is 14.2. The van der Waals surface area contributed by atoms with Crippen LogP contribution in [0.15, 0.2) is 29.2 Å². The Kier molecular flexibility index (Phi) is 4.05. The summed E-state index contributed by atoms with van der Waals surface area (Å²) < 4.78 is 26.5. The highest BCUT2D eigenvalue weighted by atomic mass is 35.5. The number of rotatable bonds is 4. The van der Waals surface area contributed by atoms with E-state index < -0.39 is 10.0 Å². The van der Waals surface area contributed by atoms with Crippen LogP contribution in [0.4, 0.5) is 0 Å². The van der Waals surface area contributed by atoms with Crippen LogP contribution in [-0.2, 0) is 10.0 Å². The Bertz CT molecular complexity index is 716. The molecule has 0 aliphatic heterocycles. The topological polar surface area (TPSA) is 79.3 Å². The number of sulfonamides is 1. The van der Waals surface area contributed by atoms with Gasteiger partial charge in [0.05, 0.1) is 12.1 Å². The smallest absolute Gasteiger partial charge is 0.242 e. The van der Waals surface area contributed by atoms with Crippen molar-refractivity contribution in [1.82, 2.24) is 9.71 Å². The van der Waals surface area contributed by atoms with Gasteiger partial charge in [-0.2, -0.15) is 0 Å². The highest BCUT2D eigenvalue weighted by molar-refractivity contribution is 7.89. The van der Waals surface area contributed by atoms with Crippen LogP contribution in [0.1, 0.15) is 5.56 Å². The van der Waals surface area contributed by atoms with Gasteiger partial charge in [-0.3, -0.25) is 0 Å². The summed E-state index contributed by atoms with van der Waals surface area (Å²) in [4.78, 5) is 4.19. The molecule has 0 unspecified atom stereocenters. The highest BCUT2D eigenvalue weighted by Crippen LogP contribution is 2.25. The van der Waals surface area contributed by atoms with Gasteiger partial charge in [0.2, 0.25) is 10.0 Å². The third-order valence-electron chi connectivity index (χ3n) is 2.63. The van der Waals surface area contributed by atoms with Gasteiger partial charge in [0, 0.05) is 11.9 Å². The van der Waals surface area contributed by atoms with Crippen molar-refractivity contribution >= 4 is 32.5 Å². The van der Waals surface area contributed by atoms with E-state index in [1.54, 1.807) is 25.1 Å². The SMILES string of the molecule is Cc1cc2cccc(S(=O)(=O)NCCO)c2nc1Cl. The van der Waals surface area contributed by atoms with E-state index in [9.17, 15) is 8.42 Å². The van der Waals surface area contributed by atoms with Crippen molar-refractivity contribution in [2.75, 3.05) is 13.2 Å². The van der Waals surface area contributed by atoms with Gasteiger partial charge >= 0.3 is 0 Å². The molecular weight excluding hydrogens is 288 g/mol. The van der Waals surface area contributed by atoms with Crippen molar-refractivity contribution in [2.24, 2.45) is 0 Å². The summed E-state index contributed by atoms with van der Waals surface area (Å²) >= 11 is 5.95. The minimum atomic E-state index is -3.71. The average Bonchev–Trinajstić information content (AvgIpc) is 2.37. The van der Waals surface area contributed by atoms with Crippen molar-refractivity contribution < 1.29 is 13.5 Å². The van der Waals surface area contributed by atoms with Crippen LogP contribution in [-0.4, -0.2) is 31.7 Å². The maximum absolute atomic E-state index is 12.1. The summed E-state index contributed by atoms with van der Waals surface area (Å²) in [7, 11) is -3.71. The van der Waals surface area contributed by atoms with Crippen molar-refractivity contribution in [2.45, 2.75) is 11.8 Å². The first-order valence-electron chi connectivity index (χ1n) is 5.62. The molecule has 102 valence electrons. The lowest BCUT2D eigenvalue weighted by atomic mass is 10.2. The molecule has 0 spiro atoms. The Labute approximate surface area is 116 Å². The molecule has 2 rings (SSSR count). The first-order chi connectivity index (χ1) is 8.95. The molecule has 0 radical (unpaired) electrons. The summed E-state index contributed by atoms with van der Waals surface area (Å²) in [5.41, 5.74) is 1.11. The molecule has 0 saturated carbocycles. The summed E-state index contributed by atoms with van der Waals surface area (Å²) in [5, 5.41) is 9.68. The molecule has 19 heavy (non-hydrogen) atoms. The fourth-order valence-electron chi connectivity index (χ4n) is 1.73. The standard InChI is InChI=1S/C12H13ClN2O3S/c1-8-7-9-3-2-4-10(11(9)15-12(8)13)19(17,18)14-5-6-16/h2-4,7,14,16H,5-6H2,1H3. The number of nitrogens with zero attached hydrogens (tertiary/aromatic N) is 1. The molecular formula is C12H13ClN2O3S. The Morgan fingerprint density at radius 3 is 2.84 bits per heavy atom. The molecule has 2 aromatic rings. The third-order valence-corrected chi connectivity index (χ3v) is 4.51. The first-order valence-corrected chi connectivity index (χ1v) is 7.48. The largest absolute Gasteiger partial charge is 0.395 e. The zero-order chi connectivity index (χ0) is 14.0. The molecule has 0 aliphatic carbocycles. The minimum absolute atomic E-state index is 0.0433. The van der Waals surface area contributed by atoms with Crippen LogP contribution in [0.25, 0.3) is 10.9 Å². The second-order valence-electron chi connectivity index (χ2n) is 4.05. The number of aliphatic hydroxyl groups excluding tert-OH is 1. The van der Waals surface area contributed by atoms with E-state index >= 15 is 0 Å². The number of pyridine rings is 1. The van der Waals surface area contributed by atoms with Gasteiger partial charge in [0.1, 0.15) is 10.0 Å². The van der Waals surface area contributed by atoms with Crippen LogP contribution in [0.3, 0.4) is 0 Å². The summed E-state index contributed by atoms with van der Waals surface area (Å²) in [5.74, 6) is 0. The van der Waals surface area contributed by atoms with E-state index in [-0.39, 0.29) is 23.2 Å². The second-order valence-corrected chi connectivity index (χ2v) is 6.14. The molecule has 1 aromatic heterocycles. The van der Waals surface area contributed by atoms with Crippen LogP contribution < -0.4 is 4.72 Å². The fourth-order valence-corrected chi connectivity index (χ4v) is 3.06. The molecule has 1 aromatic carbocycles. The lowest BCUT2D eigenvalue weighted by Gasteiger charge is -2.09. The lowest BCUT2D eigenvalue weighted by Crippen LogP contribution is -2.26. The van der Waals surface area contributed by atoms with Gasteiger partial charge in [-0.05, 0) is 24.6 Å². The molecule has 0 bridgehead atoms. The van der Waals surface area contributed by atoms with Gasteiger partial charge in [-0.1, -0.05) is 23.7 Å². The quantitative estimate of drug-likeness (QED) is 0.838. The molecule has 0 fully saturated rings. The number of halogens is 1. The number of hydrogen-bond acceptors (Lipinski definition) is 4. The van der Waals surface area contributed by atoms with Gasteiger partial charge in [0.15, 0.2) is 0 Å². The number of fused-ring (bicyclic) bond motifs is 1. The molecule has 0 aliphatic rings. The molecule has 7 heteroatoms. The molecule has 0 atom stereocenters. The maximum atomic E-state index is 12.1. The predicted octanol–water partition coefficient (Wildman–Crippen LogP) is 1.47. The minimum Gasteiger partial charge on any atom is -0.395 e. The Morgan fingerprint density at radius 1 is 1.42 bits per heavy atom. The van der Waals surface area contributed by atoms with Gasteiger partial charge in [-0.15, -0.1) is 0 Å². The molecule has 5 nitrogen and oxygen atoms in total. The number of benzene rings is 1. The number of aromatic nitrogens is 1. The van der Waals surface area contributed by atoms with Crippen LogP contribution in [0, 0.1) is 6.92 Å². The lowest BCUT2D eigenvalue weighted by molar-refractivity contribution is 0.301. The number of para-hydroxylation sites is 1. The Hall–Kier alpha value is -1.21. The number of nitrogens with one attached hydrogen (secondary N) is 1. The van der Waals surface area contributed by atoms with E-state index in [1.165, 1.54) is 6.07 Å². The van der Waals surface area contributed by atoms with E-state index in [4.69, 9.17) is 16.7 Å². The van der Waals surface area contributed by atoms with Gasteiger partial charge < -0.3 is 5.11 Å². The number of hydrogen-bond donors (Lipinski definition) is 2. The second kappa shape index (κ2) is 5.42. The van der Waals surface area contributed by atoms with E-state index in [0.29, 0.717) is 10.9 Å². The van der Waals surface area contributed by atoms with Gasteiger partial charge in [0.25, 0.3) is 0 Å². The van der Waals surface area contributed by atoms with Crippen molar-refractivity contribution in [3.8, 4) is 0 Å². The van der Waals surface area contributed by atoms with E-state index in [1.807, 2.05) is 0 Å². The van der Waals surface area contributed by atoms with Crippen LogP contribution in [0.5, 0.6) is 0 Å².